The van der Waals surface area contributed by atoms with Crippen LogP contribution < -0.4 is 0 Å². The van der Waals surface area contributed by atoms with E-state index < -0.39 is 11.6 Å². The Bertz CT molecular complexity index is 1400. The number of H-pyrrole nitrogens is 1. The zero-order valence-electron chi connectivity index (χ0n) is 15.5. The fourth-order valence-electron chi connectivity index (χ4n) is 3.53. The third-order valence-electron chi connectivity index (χ3n) is 5.23. The molecular formula is C21H14F2N6S. The molecule has 0 radical (unpaired) electrons. The van der Waals surface area contributed by atoms with E-state index in [1.54, 1.807) is 23.7 Å². The first-order valence-electron chi connectivity index (χ1n) is 9.48. The van der Waals surface area contributed by atoms with Crippen LogP contribution in [0.2, 0.25) is 0 Å². The van der Waals surface area contributed by atoms with E-state index in [0.717, 1.165) is 33.0 Å². The van der Waals surface area contributed by atoms with E-state index in [-0.39, 0.29) is 5.56 Å². The molecule has 0 aliphatic heterocycles. The molecule has 1 aliphatic carbocycles. The lowest BCUT2D eigenvalue weighted by atomic mass is 10.0. The second-order valence-corrected chi connectivity index (χ2v) is 8.29. The Morgan fingerprint density at radius 3 is 2.80 bits per heavy atom. The third-order valence-corrected chi connectivity index (χ3v) is 6.34. The van der Waals surface area contributed by atoms with Crippen LogP contribution >= 0.6 is 11.3 Å². The minimum Gasteiger partial charge on any atom is -0.297 e. The molecule has 0 spiro atoms. The average Bonchev–Trinajstić information content (AvgIpc) is 3.15. The molecule has 30 heavy (non-hydrogen) atoms. The van der Waals surface area contributed by atoms with Crippen molar-refractivity contribution < 1.29 is 8.78 Å². The van der Waals surface area contributed by atoms with Gasteiger partial charge in [-0.15, -0.1) is 10.2 Å². The summed E-state index contributed by atoms with van der Waals surface area (Å²) in [7, 11) is 0. The highest BCUT2D eigenvalue weighted by Crippen LogP contribution is 2.42. The summed E-state index contributed by atoms with van der Waals surface area (Å²) in [5.74, 6) is -0.736. The van der Waals surface area contributed by atoms with Gasteiger partial charge in [0.25, 0.3) is 0 Å². The summed E-state index contributed by atoms with van der Waals surface area (Å²) < 4.78 is 29.6. The van der Waals surface area contributed by atoms with Crippen LogP contribution in [-0.4, -0.2) is 29.8 Å². The minimum absolute atomic E-state index is 0.233. The lowest BCUT2D eigenvalue weighted by Crippen LogP contribution is -1.92. The number of hydrogen-bond acceptors (Lipinski definition) is 5. The van der Waals surface area contributed by atoms with E-state index in [1.165, 1.54) is 25.0 Å². The Labute approximate surface area is 173 Å². The number of benzene rings is 1. The maximum absolute atomic E-state index is 14.3. The molecule has 4 heterocycles. The number of nitrogens with zero attached hydrogens (tertiary/aromatic N) is 5. The van der Waals surface area contributed by atoms with Gasteiger partial charge in [-0.1, -0.05) is 11.3 Å². The van der Waals surface area contributed by atoms with Crippen LogP contribution in [0.4, 0.5) is 8.78 Å². The monoisotopic (exact) mass is 420 g/mol. The standard InChI is InChI=1S/C21H14F2N6S/c22-13-4-5-14(16(23)7-13)19-15(8-25-26-19)12-3-6-18-24-9-17(29(18)10-12)21-28-27-20(30-21)11-1-2-11/h3-11H,1-2H2,(H,25,26). The van der Waals surface area contributed by atoms with Crippen LogP contribution in [0.1, 0.15) is 23.8 Å². The Morgan fingerprint density at radius 2 is 1.97 bits per heavy atom. The summed E-state index contributed by atoms with van der Waals surface area (Å²) >= 11 is 1.60. The van der Waals surface area contributed by atoms with Gasteiger partial charge in [0.2, 0.25) is 0 Å². The van der Waals surface area contributed by atoms with Crippen molar-refractivity contribution in [3.05, 3.63) is 65.6 Å². The molecule has 6 rings (SSSR count). The fraction of sp³-hybridized carbons (Fsp3) is 0.143. The molecule has 148 valence electrons. The van der Waals surface area contributed by atoms with Crippen LogP contribution in [-0.2, 0) is 0 Å². The molecule has 1 fully saturated rings. The lowest BCUT2D eigenvalue weighted by molar-refractivity contribution is 0.585. The number of aromatic nitrogens is 6. The van der Waals surface area contributed by atoms with E-state index >= 15 is 0 Å². The predicted molar refractivity (Wildman–Crippen MR) is 109 cm³/mol. The zero-order chi connectivity index (χ0) is 20.2. The maximum atomic E-state index is 14.3. The summed E-state index contributed by atoms with van der Waals surface area (Å²) in [5.41, 5.74) is 3.81. The Balaban J connectivity index is 1.46. The van der Waals surface area contributed by atoms with Gasteiger partial charge in [-0.3, -0.25) is 9.50 Å². The van der Waals surface area contributed by atoms with Crippen LogP contribution in [0.15, 0.2) is 48.9 Å². The number of aromatic amines is 1. The predicted octanol–water partition coefficient (Wildman–Crippen LogP) is 5.07. The van der Waals surface area contributed by atoms with Crippen molar-refractivity contribution in [1.82, 2.24) is 29.8 Å². The highest BCUT2D eigenvalue weighted by atomic mass is 32.1. The molecule has 9 heteroatoms. The maximum Gasteiger partial charge on any atom is 0.166 e. The first-order valence-corrected chi connectivity index (χ1v) is 10.3. The van der Waals surface area contributed by atoms with Gasteiger partial charge in [-0.2, -0.15) is 5.10 Å². The zero-order valence-corrected chi connectivity index (χ0v) is 16.3. The van der Waals surface area contributed by atoms with Gasteiger partial charge in [0, 0.05) is 41.1 Å². The summed E-state index contributed by atoms with van der Waals surface area (Å²) in [5, 5.41) is 17.6. The van der Waals surface area contributed by atoms with Crippen LogP contribution in [0.3, 0.4) is 0 Å². The first-order chi connectivity index (χ1) is 14.7. The van der Waals surface area contributed by atoms with E-state index in [1.807, 2.05) is 22.7 Å². The lowest BCUT2D eigenvalue weighted by Gasteiger charge is -2.06. The second kappa shape index (κ2) is 6.53. The Hall–Kier alpha value is -3.46. The largest absolute Gasteiger partial charge is 0.297 e. The molecule has 4 aromatic heterocycles. The molecule has 6 nitrogen and oxygen atoms in total. The average molecular weight is 420 g/mol. The fourth-order valence-corrected chi connectivity index (χ4v) is 4.55. The highest BCUT2D eigenvalue weighted by Gasteiger charge is 2.28. The van der Waals surface area contributed by atoms with Crippen LogP contribution in [0.5, 0.6) is 0 Å². The highest BCUT2D eigenvalue weighted by molar-refractivity contribution is 7.14. The molecule has 5 aromatic rings. The summed E-state index contributed by atoms with van der Waals surface area (Å²) in [6, 6.07) is 7.27. The van der Waals surface area contributed by atoms with Crippen LogP contribution in [0.25, 0.3) is 38.7 Å². The van der Waals surface area contributed by atoms with E-state index in [9.17, 15) is 8.78 Å². The van der Waals surface area contributed by atoms with Crippen LogP contribution in [0, 0.1) is 11.6 Å². The molecule has 1 N–H and O–H groups in total. The number of imidazole rings is 1. The molecule has 0 bridgehead atoms. The van der Waals surface area contributed by atoms with Crippen molar-refractivity contribution in [2.75, 3.05) is 0 Å². The minimum atomic E-state index is -0.658. The van der Waals surface area contributed by atoms with Gasteiger partial charge in [0.1, 0.15) is 33.7 Å². The van der Waals surface area contributed by atoms with E-state index in [2.05, 4.69) is 25.4 Å². The Morgan fingerprint density at radius 1 is 1.07 bits per heavy atom. The van der Waals surface area contributed by atoms with Crippen molar-refractivity contribution >= 4 is 17.0 Å². The summed E-state index contributed by atoms with van der Waals surface area (Å²) in [4.78, 5) is 4.47. The number of halogens is 2. The normalized spacial score (nSPS) is 13.9. The quantitative estimate of drug-likeness (QED) is 0.441. The van der Waals surface area contributed by atoms with Gasteiger partial charge in [0.15, 0.2) is 5.01 Å². The molecular weight excluding hydrogens is 406 g/mol. The molecule has 0 atom stereocenters. The topological polar surface area (TPSA) is 71.8 Å². The number of hydrogen-bond donors (Lipinski definition) is 1. The van der Waals surface area contributed by atoms with Gasteiger partial charge in [-0.25, -0.2) is 13.8 Å². The number of pyridine rings is 1. The van der Waals surface area contributed by atoms with Crippen molar-refractivity contribution in [2.45, 2.75) is 18.8 Å². The SMILES string of the molecule is Fc1ccc(-c2n[nH]cc2-c2ccc3ncc(-c4nnc(C5CC5)s4)n3c2)c(F)c1. The number of nitrogens with one attached hydrogen (secondary N) is 1. The number of fused-ring (bicyclic) bond motifs is 1. The molecule has 1 aliphatic rings. The van der Waals surface area contributed by atoms with E-state index in [0.29, 0.717) is 17.2 Å². The van der Waals surface area contributed by atoms with Gasteiger partial charge < -0.3 is 0 Å². The molecule has 0 saturated heterocycles. The molecule has 0 amide bonds. The molecule has 0 unspecified atom stereocenters. The second-order valence-electron chi connectivity index (χ2n) is 7.28. The van der Waals surface area contributed by atoms with Gasteiger partial charge in [0.05, 0.1) is 6.20 Å². The van der Waals surface area contributed by atoms with E-state index in [4.69, 9.17) is 0 Å². The third kappa shape index (κ3) is 2.81. The van der Waals surface area contributed by atoms with Crippen molar-refractivity contribution in [1.29, 1.82) is 0 Å². The van der Waals surface area contributed by atoms with Crippen molar-refractivity contribution in [2.24, 2.45) is 0 Å². The smallest absolute Gasteiger partial charge is 0.166 e. The van der Waals surface area contributed by atoms with Crippen molar-refractivity contribution in [3.8, 4) is 33.1 Å². The Kier molecular flexibility index (Phi) is 3.79. The summed E-state index contributed by atoms with van der Waals surface area (Å²) in [6.07, 6.45) is 7.76. The first kappa shape index (κ1) is 17.4. The molecule has 1 saturated carbocycles. The van der Waals surface area contributed by atoms with Crippen molar-refractivity contribution in [3.63, 3.8) is 0 Å². The number of rotatable bonds is 4. The van der Waals surface area contributed by atoms with Gasteiger partial charge >= 0.3 is 0 Å². The summed E-state index contributed by atoms with van der Waals surface area (Å²) in [6.45, 7) is 0. The van der Waals surface area contributed by atoms with Gasteiger partial charge in [-0.05, 0) is 37.1 Å². The molecule has 1 aromatic carbocycles.